The smallest absolute Gasteiger partial charge is 0.320 e. The molecule has 1 aliphatic rings. The molecule has 1 aliphatic heterocycles. The summed E-state index contributed by atoms with van der Waals surface area (Å²) in [6, 6.07) is -0.203. The maximum atomic E-state index is 11.2. The van der Waals surface area contributed by atoms with Gasteiger partial charge in [0.2, 0.25) is 0 Å². The van der Waals surface area contributed by atoms with E-state index in [9.17, 15) is 9.90 Å². The molecule has 1 rings (SSSR count). The van der Waals surface area contributed by atoms with E-state index in [0.717, 1.165) is 19.6 Å². The van der Waals surface area contributed by atoms with Gasteiger partial charge in [-0.15, -0.1) is 0 Å². The van der Waals surface area contributed by atoms with Crippen LogP contribution in [-0.4, -0.2) is 47.7 Å². The van der Waals surface area contributed by atoms with Gasteiger partial charge in [0.25, 0.3) is 0 Å². The van der Waals surface area contributed by atoms with Crippen LogP contribution in [0.2, 0.25) is 0 Å². The Labute approximate surface area is 117 Å². The van der Waals surface area contributed by atoms with Gasteiger partial charge in [0, 0.05) is 12.6 Å². The summed E-state index contributed by atoms with van der Waals surface area (Å²) in [5, 5.41) is 12.3. The predicted octanol–water partition coefficient (Wildman–Crippen LogP) is 2.34. The molecule has 0 aromatic heterocycles. The molecule has 0 saturated carbocycles. The zero-order valence-electron chi connectivity index (χ0n) is 12.9. The van der Waals surface area contributed by atoms with Crippen molar-refractivity contribution in [2.24, 2.45) is 5.41 Å². The van der Waals surface area contributed by atoms with Gasteiger partial charge in [-0.2, -0.15) is 0 Å². The van der Waals surface area contributed by atoms with E-state index >= 15 is 0 Å². The lowest BCUT2D eigenvalue weighted by atomic mass is 9.78. The van der Waals surface area contributed by atoms with Gasteiger partial charge >= 0.3 is 5.97 Å². The molecular formula is C15H30N2O2. The number of carboxylic acids is 1. The van der Waals surface area contributed by atoms with Crippen molar-refractivity contribution in [1.29, 1.82) is 0 Å². The first-order chi connectivity index (χ1) is 8.86. The number of piperidine rings is 1. The quantitative estimate of drug-likeness (QED) is 0.745. The van der Waals surface area contributed by atoms with Crippen molar-refractivity contribution in [1.82, 2.24) is 10.2 Å². The SMILES string of the molecule is CCC1(C)CCN(CCC(NC(C)C)C(=O)O)CC1. The monoisotopic (exact) mass is 270 g/mol. The van der Waals surface area contributed by atoms with Gasteiger partial charge in [-0.05, 0) is 37.8 Å². The summed E-state index contributed by atoms with van der Waals surface area (Å²) < 4.78 is 0. The third kappa shape index (κ3) is 5.49. The van der Waals surface area contributed by atoms with Crippen LogP contribution in [0.1, 0.15) is 53.4 Å². The normalized spacial score (nSPS) is 21.5. The van der Waals surface area contributed by atoms with Crippen LogP contribution in [0.15, 0.2) is 0 Å². The maximum absolute atomic E-state index is 11.2. The van der Waals surface area contributed by atoms with Crippen molar-refractivity contribution in [2.45, 2.75) is 65.5 Å². The summed E-state index contributed by atoms with van der Waals surface area (Å²) in [5.41, 5.74) is 0.499. The first kappa shape index (κ1) is 16.4. The Bertz CT molecular complexity index is 284. The van der Waals surface area contributed by atoms with E-state index in [4.69, 9.17) is 0 Å². The van der Waals surface area contributed by atoms with E-state index in [2.05, 4.69) is 24.1 Å². The zero-order valence-corrected chi connectivity index (χ0v) is 12.9. The fourth-order valence-electron chi connectivity index (χ4n) is 2.66. The summed E-state index contributed by atoms with van der Waals surface area (Å²) in [6.45, 7) is 11.7. The minimum atomic E-state index is -0.732. The number of hydrogen-bond donors (Lipinski definition) is 2. The number of hydrogen-bond acceptors (Lipinski definition) is 3. The molecule has 19 heavy (non-hydrogen) atoms. The lowest BCUT2D eigenvalue weighted by molar-refractivity contribution is -0.140. The van der Waals surface area contributed by atoms with Crippen LogP contribution in [0.5, 0.6) is 0 Å². The molecule has 0 amide bonds. The van der Waals surface area contributed by atoms with E-state index in [1.54, 1.807) is 0 Å². The van der Waals surface area contributed by atoms with Crippen molar-refractivity contribution in [2.75, 3.05) is 19.6 Å². The lowest BCUT2D eigenvalue weighted by Crippen LogP contribution is -2.45. The van der Waals surface area contributed by atoms with E-state index in [1.807, 2.05) is 13.8 Å². The highest BCUT2D eigenvalue weighted by Crippen LogP contribution is 2.33. The van der Waals surface area contributed by atoms with E-state index in [0.29, 0.717) is 11.8 Å². The largest absolute Gasteiger partial charge is 0.480 e. The molecule has 1 atom stereocenters. The van der Waals surface area contributed by atoms with E-state index in [-0.39, 0.29) is 6.04 Å². The summed E-state index contributed by atoms with van der Waals surface area (Å²) in [4.78, 5) is 13.6. The molecule has 0 aliphatic carbocycles. The molecule has 112 valence electrons. The molecule has 2 N–H and O–H groups in total. The minimum Gasteiger partial charge on any atom is -0.480 e. The van der Waals surface area contributed by atoms with Crippen LogP contribution >= 0.6 is 0 Å². The topological polar surface area (TPSA) is 52.6 Å². The van der Waals surface area contributed by atoms with E-state index in [1.165, 1.54) is 19.3 Å². The highest BCUT2D eigenvalue weighted by atomic mass is 16.4. The third-order valence-corrected chi connectivity index (χ3v) is 4.48. The average molecular weight is 270 g/mol. The number of rotatable bonds is 7. The molecule has 1 unspecified atom stereocenters. The number of likely N-dealkylation sites (tertiary alicyclic amines) is 1. The molecule has 1 heterocycles. The summed E-state index contributed by atoms with van der Waals surface area (Å²) in [7, 11) is 0. The van der Waals surface area contributed by atoms with Crippen molar-refractivity contribution in [3.8, 4) is 0 Å². The molecule has 1 fully saturated rings. The Hall–Kier alpha value is -0.610. The Morgan fingerprint density at radius 1 is 1.37 bits per heavy atom. The first-order valence-electron chi connectivity index (χ1n) is 7.57. The summed E-state index contributed by atoms with van der Waals surface area (Å²) in [5.74, 6) is -0.732. The van der Waals surface area contributed by atoms with Crippen LogP contribution in [-0.2, 0) is 4.79 Å². The van der Waals surface area contributed by atoms with Gasteiger partial charge in [0.15, 0.2) is 0 Å². The first-order valence-corrected chi connectivity index (χ1v) is 7.57. The molecule has 4 nitrogen and oxygen atoms in total. The van der Waals surface area contributed by atoms with E-state index < -0.39 is 12.0 Å². The molecular weight excluding hydrogens is 240 g/mol. The van der Waals surface area contributed by atoms with Crippen molar-refractivity contribution in [3.63, 3.8) is 0 Å². The second-order valence-electron chi connectivity index (χ2n) is 6.51. The Balaban J connectivity index is 2.34. The predicted molar refractivity (Wildman–Crippen MR) is 78.4 cm³/mol. The second kappa shape index (κ2) is 7.25. The van der Waals surface area contributed by atoms with Gasteiger partial charge < -0.3 is 15.3 Å². The average Bonchev–Trinajstić information content (AvgIpc) is 2.36. The number of nitrogens with one attached hydrogen (secondary N) is 1. The minimum absolute atomic E-state index is 0.214. The molecule has 0 spiro atoms. The zero-order chi connectivity index (χ0) is 14.5. The molecule has 0 radical (unpaired) electrons. The van der Waals surface area contributed by atoms with Gasteiger partial charge in [-0.1, -0.05) is 34.1 Å². The highest BCUT2D eigenvalue weighted by Gasteiger charge is 2.28. The Kier molecular flexibility index (Phi) is 6.27. The Morgan fingerprint density at radius 2 is 1.95 bits per heavy atom. The molecule has 4 heteroatoms. The summed E-state index contributed by atoms with van der Waals surface area (Å²) in [6.07, 6.45) is 4.40. The number of carbonyl (C=O) groups is 1. The maximum Gasteiger partial charge on any atom is 0.320 e. The van der Waals surface area contributed by atoms with Crippen LogP contribution in [0.3, 0.4) is 0 Å². The molecule has 0 aromatic rings. The van der Waals surface area contributed by atoms with Gasteiger partial charge in [0.1, 0.15) is 6.04 Å². The number of nitrogens with zero attached hydrogens (tertiary/aromatic N) is 1. The van der Waals surface area contributed by atoms with Gasteiger partial charge in [0.05, 0.1) is 0 Å². The van der Waals surface area contributed by atoms with Gasteiger partial charge in [-0.25, -0.2) is 0 Å². The summed E-state index contributed by atoms with van der Waals surface area (Å²) >= 11 is 0. The lowest BCUT2D eigenvalue weighted by Gasteiger charge is -2.39. The standard InChI is InChI=1S/C15H30N2O2/c1-5-15(4)7-10-17(11-8-15)9-6-13(14(18)19)16-12(2)3/h12-13,16H,5-11H2,1-4H3,(H,18,19). The van der Waals surface area contributed by atoms with Crippen LogP contribution in [0, 0.1) is 5.41 Å². The van der Waals surface area contributed by atoms with Crippen LogP contribution in [0.25, 0.3) is 0 Å². The van der Waals surface area contributed by atoms with Crippen molar-refractivity contribution < 1.29 is 9.90 Å². The highest BCUT2D eigenvalue weighted by molar-refractivity contribution is 5.73. The number of aliphatic carboxylic acids is 1. The molecule has 0 bridgehead atoms. The van der Waals surface area contributed by atoms with Crippen LogP contribution < -0.4 is 5.32 Å². The van der Waals surface area contributed by atoms with Crippen molar-refractivity contribution >= 4 is 5.97 Å². The van der Waals surface area contributed by atoms with Crippen molar-refractivity contribution in [3.05, 3.63) is 0 Å². The Morgan fingerprint density at radius 3 is 2.37 bits per heavy atom. The second-order valence-corrected chi connectivity index (χ2v) is 6.51. The third-order valence-electron chi connectivity index (χ3n) is 4.48. The van der Waals surface area contributed by atoms with Crippen LogP contribution in [0.4, 0.5) is 0 Å². The molecule has 1 saturated heterocycles. The fraction of sp³-hybridized carbons (Fsp3) is 0.933. The number of carboxylic acid groups (broad SMARTS) is 1. The fourth-order valence-corrected chi connectivity index (χ4v) is 2.66. The van der Waals surface area contributed by atoms with Gasteiger partial charge in [-0.3, -0.25) is 4.79 Å². The molecule has 0 aromatic carbocycles.